The van der Waals surface area contributed by atoms with Gasteiger partial charge in [-0.1, -0.05) is 18.2 Å². The van der Waals surface area contributed by atoms with E-state index in [9.17, 15) is 9.59 Å². The molecule has 0 saturated carbocycles. The zero-order chi connectivity index (χ0) is 15.7. The van der Waals surface area contributed by atoms with Crippen LogP contribution in [-0.4, -0.2) is 25.6 Å². The summed E-state index contributed by atoms with van der Waals surface area (Å²) in [5.74, 6) is -0.0649. The maximum absolute atomic E-state index is 12.3. The van der Waals surface area contributed by atoms with E-state index < -0.39 is 5.97 Å². The third-order valence-electron chi connectivity index (χ3n) is 3.58. The first-order valence-corrected chi connectivity index (χ1v) is 6.85. The minimum Gasteiger partial charge on any atom is -0.482 e. The molecule has 0 fully saturated rings. The molecule has 0 saturated heterocycles. The average Bonchev–Trinajstić information content (AvgIpc) is 2.54. The Hall–Kier alpha value is -2.82. The van der Waals surface area contributed by atoms with Crippen LogP contribution in [-0.2, 0) is 9.53 Å². The van der Waals surface area contributed by atoms with Crippen molar-refractivity contribution >= 4 is 23.3 Å². The second-order valence-electron chi connectivity index (χ2n) is 4.98. The number of ether oxygens (including phenoxy) is 2. The molecular formula is C17H15NO4. The van der Waals surface area contributed by atoms with Gasteiger partial charge in [-0.15, -0.1) is 0 Å². The molecule has 0 radical (unpaired) electrons. The Morgan fingerprint density at radius 2 is 1.95 bits per heavy atom. The van der Waals surface area contributed by atoms with E-state index in [1.54, 1.807) is 23.1 Å². The molecular weight excluding hydrogens is 282 g/mol. The maximum atomic E-state index is 12.3. The van der Waals surface area contributed by atoms with Crippen molar-refractivity contribution in [3.63, 3.8) is 0 Å². The van der Waals surface area contributed by atoms with Gasteiger partial charge in [0, 0.05) is 0 Å². The largest absolute Gasteiger partial charge is 0.482 e. The molecule has 0 bridgehead atoms. The highest BCUT2D eigenvalue weighted by Crippen LogP contribution is 2.39. The summed E-state index contributed by atoms with van der Waals surface area (Å²) in [7, 11) is 1.32. The minimum absolute atomic E-state index is 0.0289. The monoisotopic (exact) mass is 297 g/mol. The number of hydrogen-bond acceptors (Lipinski definition) is 4. The number of para-hydroxylation sites is 1. The number of aryl methyl sites for hydroxylation is 1. The van der Waals surface area contributed by atoms with Crippen molar-refractivity contribution in [1.29, 1.82) is 0 Å². The normalized spacial score (nSPS) is 13.4. The number of rotatable bonds is 2. The molecule has 0 aromatic heterocycles. The Bertz CT molecular complexity index is 754. The van der Waals surface area contributed by atoms with Gasteiger partial charge in [0.2, 0.25) is 0 Å². The van der Waals surface area contributed by atoms with Gasteiger partial charge in [0.1, 0.15) is 5.75 Å². The van der Waals surface area contributed by atoms with E-state index in [0.29, 0.717) is 17.0 Å². The fraction of sp³-hybridized carbons (Fsp3) is 0.176. The van der Waals surface area contributed by atoms with Crippen LogP contribution in [0.5, 0.6) is 5.75 Å². The first-order valence-electron chi connectivity index (χ1n) is 6.85. The molecule has 2 aromatic carbocycles. The SMILES string of the molecule is COC(=O)c1ccc2c(c1)N(c1ccccc1C)C(=O)CO2. The lowest BCUT2D eigenvalue weighted by Crippen LogP contribution is -2.35. The summed E-state index contributed by atoms with van der Waals surface area (Å²) < 4.78 is 10.2. The van der Waals surface area contributed by atoms with Crippen LogP contribution in [0.2, 0.25) is 0 Å². The number of benzene rings is 2. The van der Waals surface area contributed by atoms with Crippen LogP contribution in [0, 0.1) is 6.92 Å². The lowest BCUT2D eigenvalue weighted by molar-refractivity contribution is -0.120. The number of nitrogens with zero attached hydrogens (tertiary/aromatic N) is 1. The number of esters is 1. The number of carbonyl (C=O) groups excluding carboxylic acids is 2. The van der Waals surface area contributed by atoms with E-state index in [1.165, 1.54) is 7.11 Å². The highest BCUT2D eigenvalue weighted by atomic mass is 16.5. The van der Waals surface area contributed by atoms with Gasteiger partial charge in [0.05, 0.1) is 24.0 Å². The van der Waals surface area contributed by atoms with Gasteiger partial charge in [-0.2, -0.15) is 0 Å². The first-order chi connectivity index (χ1) is 10.6. The zero-order valence-electron chi connectivity index (χ0n) is 12.3. The summed E-state index contributed by atoms with van der Waals surface area (Å²) in [6, 6.07) is 12.5. The third kappa shape index (κ3) is 2.30. The van der Waals surface area contributed by atoms with Crippen molar-refractivity contribution < 1.29 is 19.1 Å². The highest BCUT2D eigenvalue weighted by molar-refractivity contribution is 6.06. The standard InChI is InChI=1S/C17H15NO4/c1-11-5-3-4-6-13(11)18-14-9-12(17(20)21-2)7-8-15(14)22-10-16(18)19/h3-9H,10H2,1-2H3. The Kier molecular flexibility index (Phi) is 3.55. The Morgan fingerprint density at radius 1 is 1.18 bits per heavy atom. The van der Waals surface area contributed by atoms with E-state index in [4.69, 9.17) is 9.47 Å². The second kappa shape index (κ2) is 5.52. The van der Waals surface area contributed by atoms with Crippen LogP contribution in [0.4, 0.5) is 11.4 Å². The van der Waals surface area contributed by atoms with Gasteiger partial charge in [0.25, 0.3) is 5.91 Å². The Morgan fingerprint density at radius 3 is 2.68 bits per heavy atom. The molecule has 0 spiro atoms. The highest BCUT2D eigenvalue weighted by Gasteiger charge is 2.28. The van der Waals surface area contributed by atoms with Crippen LogP contribution in [0.3, 0.4) is 0 Å². The number of carbonyl (C=O) groups is 2. The maximum Gasteiger partial charge on any atom is 0.337 e. The first kappa shape index (κ1) is 14.1. The molecule has 1 heterocycles. The minimum atomic E-state index is -0.453. The third-order valence-corrected chi connectivity index (χ3v) is 3.58. The molecule has 1 aliphatic heterocycles. The molecule has 22 heavy (non-hydrogen) atoms. The van der Waals surface area contributed by atoms with E-state index in [1.807, 2.05) is 31.2 Å². The van der Waals surface area contributed by atoms with Crippen molar-refractivity contribution in [3.8, 4) is 5.75 Å². The van der Waals surface area contributed by atoms with Crippen molar-refractivity contribution in [2.45, 2.75) is 6.92 Å². The van der Waals surface area contributed by atoms with Gasteiger partial charge >= 0.3 is 5.97 Å². The summed E-state index contributed by atoms with van der Waals surface area (Å²) in [6.45, 7) is 1.90. The zero-order valence-corrected chi connectivity index (χ0v) is 12.3. The lowest BCUT2D eigenvalue weighted by atomic mass is 10.1. The topological polar surface area (TPSA) is 55.8 Å². The van der Waals surface area contributed by atoms with Gasteiger partial charge in [-0.3, -0.25) is 9.69 Å². The van der Waals surface area contributed by atoms with Crippen LogP contribution in [0.25, 0.3) is 0 Å². The molecule has 0 unspecified atom stereocenters. The average molecular weight is 297 g/mol. The summed E-state index contributed by atoms with van der Waals surface area (Å²) in [4.78, 5) is 25.7. The van der Waals surface area contributed by atoms with Crippen LogP contribution in [0.15, 0.2) is 42.5 Å². The summed E-state index contributed by atoms with van der Waals surface area (Å²) >= 11 is 0. The fourth-order valence-corrected chi connectivity index (χ4v) is 2.48. The predicted octanol–water partition coefficient (Wildman–Crippen LogP) is 2.84. The predicted molar refractivity (Wildman–Crippen MR) is 81.6 cm³/mol. The van der Waals surface area contributed by atoms with Gasteiger partial charge in [-0.05, 0) is 36.8 Å². The molecule has 3 rings (SSSR count). The van der Waals surface area contributed by atoms with Crippen LogP contribution in [0.1, 0.15) is 15.9 Å². The van der Waals surface area contributed by atoms with Crippen molar-refractivity contribution in [2.24, 2.45) is 0 Å². The summed E-state index contributed by atoms with van der Waals surface area (Å²) in [5.41, 5.74) is 2.66. The molecule has 5 nitrogen and oxygen atoms in total. The van der Waals surface area contributed by atoms with Crippen molar-refractivity contribution in [2.75, 3.05) is 18.6 Å². The second-order valence-corrected chi connectivity index (χ2v) is 4.98. The lowest BCUT2D eigenvalue weighted by Gasteiger charge is -2.30. The van der Waals surface area contributed by atoms with Crippen LogP contribution >= 0.6 is 0 Å². The molecule has 5 heteroatoms. The van der Waals surface area contributed by atoms with Gasteiger partial charge in [0.15, 0.2) is 6.61 Å². The quantitative estimate of drug-likeness (QED) is 0.800. The van der Waals surface area contributed by atoms with E-state index in [0.717, 1.165) is 11.3 Å². The number of amides is 1. The van der Waals surface area contributed by atoms with Crippen LogP contribution < -0.4 is 9.64 Å². The Balaban J connectivity index is 2.15. The number of fused-ring (bicyclic) bond motifs is 1. The summed E-state index contributed by atoms with van der Waals surface area (Å²) in [6.07, 6.45) is 0. The van der Waals surface area contributed by atoms with E-state index in [-0.39, 0.29) is 12.5 Å². The van der Waals surface area contributed by atoms with E-state index in [2.05, 4.69) is 0 Å². The van der Waals surface area contributed by atoms with Crippen molar-refractivity contribution in [3.05, 3.63) is 53.6 Å². The smallest absolute Gasteiger partial charge is 0.337 e. The Labute approximate surface area is 128 Å². The number of anilines is 2. The molecule has 0 aliphatic carbocycles. The molecule has 0 atom stereocenters. The molecule has 2 aromatic rings. The van der Waals surface area contributed by atoms with Gasteiger partial charge in [-0.25, -0.2) is 4.79 Å². The van der Waals surface area contributed by atoms with E-state index >= 15 is 0 Å². The number of methoxy groups -OCH3 is 1. The van der Waals surface area contributed by atoms with Gasteiger partial charge < -0.3 is 9.47 Å². The summed E-state index contributed by atoms with van der Waals surface area (Å²) in [5, 5.41) is 0. The molecule has 1 amide bonds. The number of hydrogen-bond donors (Lipinski definition) is 0. The van der Waals surface area contributed by atoms with Crippen molar-refractivity contribution in [1.82, 2.24) is 0 Å². The molecule has 112 valence electrons. The fourth-order valence-electron chi connectivity index (χ4n) is 2.48. The molecule has 1 aliphatic rings. The molecule has 0 N–H and O–H groups in total.